The number of nitrogens with zero attached hydrogens (tertiary/aromatic N) is 3. The van der Waals surface area contributed by atoms with Gasteiger partial charge in [-0.05, 0) is 12.1 Å². The normalized spacial score (nSPS) is 14.3. The van der Waals surface area contributed by atoms with Crippen LogP contribution < -0.4 is 4.90 Å². The molecule has 0 bridgehead atoms. The molecule has 0 spiro atoms. The lowest BCUT2D eigenvalue weighted by atomic mass is 10.1. The van der Waals surface area contributed by atoms with Crippen molar-refractivity contribution in [2.45, 2.75) is 0 Å². The molecule has 2 rings (SSSR count). The molecule has 1 heterocycles. The summed E-state index contributed by atoms with van der Waals surface area (Å²) >= 11 is 0. The third-order valence-corrected chi connectivity index (χ3v) is 4.20. The third-order valence-electron chi connectivity index (χ3n) is 4.20. The van der Waals surface area contributed by atoms with Crippen LogP contribution in [0.1, 0.15) is 10.4 Å². The zero-order valence-corrected chi connectivity index (χ0v) is 15.2. The molecular weight excluding hydrogens is 342 g/mol. The second-order valence-corrected chi connectivity index (χ2v) is 5.84. The van der Waals surface area contributed by atoms with Gasteiger partial charge in [0.15, 0.2) is 0 Å². The Labute approximate surface area is 152 Å². The molecule has 1 aromatic carbocycles. The Morgan fingerprint density at radius 1 is 1.23 bits per heavy atom. The number of amides is 1. The minimum atomic E-state index is -0.527. The van der Waals surface area contributed by atoms with E-state index < -0.39 is 10.8 Å². The first-order valence-corrected chi connectivity index (χ1v) is 8.46. The van der Waals surface area contributed by atoms with Crippen LogP contribution in [-0.2, 0) is 14.2 Å². The summed E-state index contributed by atoms with van der Waals surface area (Å²) in [6.07, 6.45) is 0. The number of nitro benzene ring substituents is 1. The summed E-state index contributed by atoms with van der Waals surface area (Å²) in [5, 5.41) is 11.4. The lowest BCUT2D eigenvalue weighted by molar-refractivity contribution is -0.385. The van der Waals surface area contributed by atoms with Gasteiger partial charge in [0.05, 0.1) is 31.4 Å². The molecule has 0 saturated carbocycles. The van der Waals surface area contributed by atoms with E-state index in [4.69, 9.17) is 14.2 Å². The van der Waals surface area contributed by atoms with E-state index in [0.29, 0.717) is 52.6 Å². The minimum Gasteiger partial charge on any atom is -0.383 e. The Morgan fingerprint density at radius 3 is 2.38 bits per heavy atom. The van der Waals surface area contributed by atoms with E-state index >= 15 is 0 Å². The van der Waals surface area contributed by atoms with Crippen molar-refractivity contribution < 1.29 is 23.9 Å². The summed E-state index contributed by atoms with van der Waals surface area (Å²) in [6.45, 7) is 3.89. The zero-order valence-electron chi connectivity index (χ0n) is 15.2. The van der Waals surface area contributed by atoms with Crippen LogP contribution in [0, 0.1) is 10.1 Å². The molecule has 0 aliphatic carbocycles. The van der Waals surface area contributed by atoms with Crippen molar-refractivity contribution in [2.75, 3.05) is 71.7 Å². The van der Waals surface area contributed by atoms with Crippen LogP contribution in [0.3, 0.4) is 0 Å². The Kier molecular flexibility index (Phi) is 7.76. The molecule has 9 nitrogen and oxygen atoms in total. The van der Waals surface area contributed by atoms with Crippen LogP contribution in [0.15, 0.2) is 18.2 Å². The van der Waals surface area contributed by atoms with Crippen LogP contribution in [0.2, 0.25) is 0 Å². The summed E-state index contributed by atoms with van der Waals surface area (Å²) in [5.74, 6) is -0.402. The predicted octanol–water partition coefficient (Wildman–Crippen LogP) is 1.17. The Bertz CT molecular complexity index is 611. The van der Waals surface area contributed by atoms with Crippen molar-refractivity contribution >= 4 is 17.3 Å². The maximum absolute atomic E-state index is 13.0. The van der Waals surface area contributed by atoms with Crippen LogP contribution in [0.25, 0.3) is 0 Å². The van der Waals surface area contributed by atoms with Crippen molar-refractivity contribution in [1.29, 1.82) is 0 Å². The molecule has 26 heavy (non-hydrogen) atoms. The van der Waals surface area contributed by atoms with Gasteiger partial charge in [-0.1, -0.05) is 0 Å². The number of anilines is 1. The fourth-order valence-electron chi connectivity index (χ4n) is 2.76. The molecule has 0 aromatic heterocycles. The monoisotopic (exact) mass is 367 g/mol. The molecule has 1 amide bonds. The van der Waals surface area contributed by atoms with E-state index in [9.17, 15) is 14.9 Å². The third kappa shape index (κ3) is 5.13. The highest BCUT2D eigenvalue weighted by atomic mass is 16.6. The molecule has 1 saturated heterocycles. The van der Waals surface area contributed by atoms with E-state index in [1.54, 1.807) is 26.4 Å². The summed E-state index contributed by atoms with van der Waals surface area (Å²) in [5.41, 5.74) is 0.652. The SMILES string of the molecule is COCCN(CCOC)C(=O)c1cc(N2CCOCC2)ccc1[N+](=O)[O-]. The number of methoxy groups -OCH3 is 2. The van der Waals surface area contributed by atoms with E-state index in [1.165, 1.54) is 11.0 Å². The molecule has 0 unspecified atom stereocenters. The van der Waals surface area contributed by atoms with Crippen molar-refractivity contribution in [1.82, 2.24) is 4.90 Å². The van der Waals surface area contributed by atoms with Crippen LogP contribution in [0.4, 0.5) is 11.4 Å². The molecule has 1 aromatic rings. The van der Waals surface area contributed by atoms with Crippen LogP contribution >= 0.6 is 0 Å². The highest BCUT2D eigenvalue weighted by molar-refractivity contribution is 5.99. The number of carbonyl (C=O) groups is 1. The number of nitro groups is 1. The van der Waals surface area contributed by atoms with Gasteiger partial charge in [-0.25, -0.2) is 0 Å². The van der Waals surface area contributed by atoms with Crippen LogP contribution in [0.5, 0.6) is 0 Å². The lowest BCUT2D eigenvalue weighted by Crippen LogP contribution is -2.38. The summed E-state index contributed by atoms with van der Waals surface area (Å²) in [4.78, 5) is 27.4. The van der Waals surface area contributed by atoms with Gasteiger partial charge in [0.25, 0.3) is 11.6 Å². The fourth-order valence-corrected chi connectivity index (χ4v) is 2.76. The lowest BCUT2D eigenvalue weighted by Gasteiger charge is -2.29. The van der Waals surface area contributed by atoms with Gasteiger partial charge >= 0.3 is 0 Å². The number of hydrogen-bond donors (Lipinski definition) is 0. The maximum atomic E-state index is 13.0. The number of benzene rings is 1. The summed E-state index contributed by atoms with van der Waals surface area (Å²) in [6, 6.07) is 4.66. The Morgan fingerprint density at radius 2 is 1.85 bits per heavy atom. The van der Waals surface area contributed by atoms with Gasteiger partial charge in [0, 0.05) is 52.2 Å². The van der Waals surface area contributed by atoms with Gasteiger partial charge in [-0.2, -0.15) is 0 Å². The second kappa shape index (κ2) is 10.0. The van der Waals surface area contributed by atoms with E-state index in [2.05, 4.69) is 4.90 Å². The molecule has 0 radical (unpaired) electrons. The maximum Gasteiger partial charge on any atom is 0.282 e. The number of morpholine rings is 1. The average Bonchev–Trinajstić information content (AvgIpc) is 2.67. The second-order valence-electron chi connectivity index (χ2n) is 5.84. The summed E-state index contributed by atoms with van der Waals surface area (Å²) in [7, 11) is 3.08. The Balaban J connectivity index is 2.32. The molecule has 144 valence electrons. The highest BCUT2D eigenvalue weighted by Gasteiger charge is 2.26. The first-order valence-electron chi connectivity index (χ1n) is 8.46. The van der Waals surface area contributed by atoms with E-state index in [1.807, 2.05) is 0 Å². The average molecular weight is 367 g/mol. The van der Waals surface area contributed by atoms with Gasteiger partial charge in [0.2, 0.25) is 0 Å². The van der Waals surface area contributed by atoms with Gasteiger partial charge in [-0.3, -0.25) is 14.9 Å². The van der Waals surface area contributed by atoms with Crippen LogP contribution in [-0.4, -0.2) is 82.6 Å². The van der Waals surface area contributed by atoms with Gasteiger partial charge in [0.1, 0.15) is 5.56 Å². The quantitative estimate of drug-likeness (QED) is 0.477. The van der Waals surface area contributed by atoms with Gasteiger partial charge < -0.3 is 24.0 Å². The first kappa shape index (κ1) is 20.1. The van der Waals surface area contributed by atoms with Gasteiger partial charge in [-0.15, -0.1) is 0 Å². The van der Waals surface area contributed by atoms with Crippen molar-refractivity contribution in [3.05, 3.63) is 33.9 Å². The fraction of sp³-hybridized carbons (Fsp3) is 0.588. The van der Waals surface area contributed by atoms with E-state index in [-0.39, 0.29) is 11.3 Å². The smallest absolute Gasteiger partial charge is 0.282 e. The number of carbonyl (C=O) groups excluding carboxylic acids is 1. The molecule has 0 atom stereocenters. The first-order chi connectivity index (χ1) is 12.6. The van der Waals surface area contributed by atoms with Crippen molar-refractivity contribution in [3.8, 4) is 0 Å². The number of hydrogen-bond acceptors (Lipinski definition) is 7. The molecule has 9 heteroatoms. The molecular formula is C17H25N3O6. The zero-order chi connectivity index (χ0) is 18.9. The topological polar surface area (TPSA) is 94.4 Å². The molecule has 1 aliphatic heterocycles. The van der Waals surface area contributed by atoms with E-state index in [0.717, 1.165) is 5.69 Å². The molecule has 0 N–H and O–H groups in total. The molecule has 1 aliphatic rings. The predicted molar refractivity (Wildman–Crippen MR) is 95.8 cm³/mol. The highest BCUT2D eigenvalue weighted by Crippen LogP contribution is 2.27. The standard InChI is InChI=1S/C17H25N3O6/c1-24-9-5-19(6-10-25-2)17(21)15-13-14(3-4-16(15)20(22)23)18-7-11-26-12-8-18/h3-4,13H,5-12H2,1-2H3. The number of ether oxygens (including phenoxy) is 3. The number of rotatable bonds is 9. The largest absolute Gasteiger partial charge is 0.383 e. The van der Waals surface area contributed by atoms with Crippen molar-refractivity contribution in [3.63, 3.8) is 0 Å². The summed E-state index contributed by atoms with van der Waals surface area (Å²) < 4.78 is 15.4. The van der Waals surface area contributed by atoms with Crippen molar-refractivity contribution in [2.24, 2.45) is 0 Å². The minimum absolute atomic E-state index is 0.0752. The Hall–Kier alpha value is -2.23. The molecule has 1 fully saturated rings.